The fourth-order valence-corrected chi connectivity index (χ4v) is 4.50. The Kier molecular flexibility index (Phi) is 3.56. The lowest BCUT2D eigenvalue weighted by molar-refractivity contribution is -0.128. The Morgan fingerprint density at radius 2 is 1.68 bits per heavy atom. The first kappa shape index (κ1) is 13.4. The zero-order valence-electron chi connectivity index (χ0n) is 12.0. The molecule has 2 aliphatic heterocycles. The first-order valence-electron chi connectivity index (χ1n) is 7.90. The second-order valence-corrected chi connectivity index (χ2v) is 6.88. The molecule has 0 aromatic carbocycles. The Morgan fingerprint density at radius 1 is 1.11 bits per heavy atom. The van der Waals surface area contributed by atoms with Crippen LogP contribution in [0.4, 0.5) is 0 Å². The molecule has 2 heterocycles. The molecular formula is C15H27N3O. The quantitative estimate of drug-likeness (QED) is 0.811. The summed E-state index contributed by atoms with van der Waals surface area (Å²) in [5.41, 5.74) is 5.37. The van der Waals surface area contributed by atoms with Crippen LogP contribution in [0, 0.1) is 0 Å². The van der Waals surface area contributed by atoms with Gasteiger partial charge in [0.05, 0.1) is 0 Å². The van der Waals surface area contributed by atoms with Gasteiger partial charge in [-0.3, -0.25) is 4.79 Å². The SMILES string of the molecule is CN1C2CCC1CC(NC1CCCCC1)(C(N)=O)C2. The maximum absolute atomic E-state index is 12.1. The highest BCUT2D eigenvalue weighted by molar-refractivity contribution is 5.85. The van der Waals surface area contributed by atoms with Gasteiger partial charge in [-0.2, -0.15) is 0 Å². The van der Waals surface area contributed by atoms with Crippen molar-refractivity contribution in [1.82, 2.24) is 10.2 Å². The summed E-state index contributed by atoms with van der Waals surface area (Å²) in [6, 6.07) is 1.59. The number of carbonyl (C=O) groups is 1. The molecule has 0 aromatic rings. The first-order chi connectivity index (χ1) is 9.11. The van der Waals surface area contributed by atoms with Gasteiger partial charge in [-0.1, -0.05) is 19.3 Å². The number of fused-ring (bicyclic) bond motifs is 2. The molecule has 3 rings (SSSR count). The minimum absolute atomic E-state index is 0.122. The molecule has 0 aromatic heterocycles. The molecule has 2 atom stereocenters. The number of hydrogen-bond acceptors (Lipinski definition) is 3. The molecule has 4 heteroatoms. The van der Waals surface area contributed by atoms with E-state index >= 15 is 0 Å². The van der Waals surface area contributed by atoms with Crippen LogP contribution in [0.25, 0.3) is 0 Å². The summed E-state index contributed by atoms with van der Waals surface area (Å²) in [5, 5.41) is 3.69. The van der Waals surface area contributed by atoms with Gasteiger partial charge in [0.25, 0.3) is 0 Å². The van der Waals surface area contributed by atoms with Crippen LogP contribution >= 0.6 is 0 Å². The Bertz CT molecular complexity index is 337. The van der Waals surface area contributed by atoms with E-state index in [0.29, 0.717) is 18.1 Å². The number of amides is 1. The molecule has 4 nitrogen and oxygen atoms in total. The van der Waals surface area contributed by atoms with Crippen LogP contribution in [-0.4, -0.2) is 41.5 Å². The number of rotatable bonds is 3. The predicted molar refractivity (Wildman–Crippen MR) is 75.7 cm³/mol. The van der Waals surface area contributed by atoms with E-state index in [9.17, 15) is 4.79 Å². The molecule has 2 bridgehead atoms. The minimum Gasteiger partial charge on any atom is -0.368 e. The summed E-state index contributed by atoms with van der Waals surface area (Å²) in [5.74, 6) is -0.122. The smallest absolute Gasteiger partial charge is 0.237 e. The van der Waals surface area contributed by atoms with Crippen LogP contribution in [0.5, 0.6) is 0 Å². The zero-order chi connectivity index (χ0) is 13.5. The van der Waals surface area contributed by atoms with Crippen molar-refractivity contribution >= 4 is 5.91 Å². The normalized spacial score (nSPS) is 40.5. The molecule has 3 fully saturated rings. The third-order valence-electron chi connectivity index (χ3n) is 5.71. The van der Waals surface area contributed by atoms with Gasteiger partial charge in [0, 0.05) is 18.1 Å². The molecule has 2 saturated heterocycles. The van der Waals surface area contributed by atoms with Crippen molar-refractivity contribution in [3.8, 4) is 0 Å². The Labute approximate surface area is 116 Å². The van der Waals surface area contributed by atoms with Crippen LogP contribution in [-0.2, 0) is 4.79 Å². The van der Waals surface area contributed by atoms with E-state index in [1.54, 1.807) is 0 Å². The number of carbonyl (C=O) groups excluding carboxylic acids is 1. The van der Waals surface area contributed by atoms with Crippen molar-refractivity contribution in [3.63, 3.8) is 0 Å². The van der Waals surface area contributed by atoms with Gasteiger partial charge in [0.1, 0.15) is 5.54 Å². The van der Waals surface area contributed by atoms with Crippen LogP contribution in [0.2, 0.25) is 0 Å². The average Bonchev–Trinajstić information content (AvgIpc) is 2.63. The summed E-state index contributed by atoms with van der Waals surface area (Å²) in [7, 11) is 2.20. The van der Waals surface area contributed by atoms with Crippen molar-refractivity contribution in [2.45, 2.75) is 81.5 Å². The maximum atomic E-state index is 12.1. The fourth-order valence-electron chi connectivity index (χ4n) is 4.50. The zero-order valence-corrected chi connectivity index (χ0v) is 12.0. The molecule has 3 aliphatic rings. The number of nitrogens with one attached hydrogen (secondary N) is 1. The summed E-state index contributed by atoms with van der Waals surface area (Å²) >= 11 is 0. The highest BCUT2D eigenvalue weighted by Gasteiger charge is 2.50. The van der Waals surface area contributed by atoms with Crippen molar-refractivity contribution in [1.29, 1.82) is 0 Å². The van der Waals surface area contributed by atoms with Crippen molar-refractivity contribution in [2.24, 2.45) is 5.73 Å². The second-order valence-electron chi connectivity index (χ2n) is 6.88. The van der Waals surface area contributed by atoms with E-state index < -0.39 is 5.54 Å². The lowest BCUT2D eigenvalue weighted by atomic mass is 9.80. The Hall–Kier alpha value is -0.610. The third kappa shape index (κ3) is 2.40. The van der Waals surface area contributed by atoms with Crippen LogP contribution in [0.15, 0.2) is 0 Å². The van der Waals surface area contributed by atoms with Gasteiger partial charge in [-0.15, -0.1) is 0 Å². The molecule has 3 N–H and O–H groups in total. The summed E-state index contributed by atoms with van der Waals surface area (Å²) in [4.78, 5) is 14.6. The highest BCUT2D eigenvalue weighted by atomic mass is 16.1. The van der Waals surface area contributed by atoms with Crippen molar-refractivity contribution in [3.05, 3.63) is 0 Å². The van der Waals surface area contributed by atoms with Gasteiger partial charge in [-0.25, -0.2) is 0 Å². The number of hydrogen-bond donors (Lipinski definition) is 2. The van der Waals surface area contributed by atoms with E-state index in [1.165, 1.54) is 44.9 Å². The van der Waals surface area contributed by atoms with Gasteiger partial charge in [-0.05, 0) is 45.6 Å². The monoisotopic (exact) mass is 265 g/mol. The number of piperidine rings is 1. The average molecular weight is 265 g/mol. The lowest BCUT2D eigenvalue weighted by Crippen LogP contribution is -2.65. The number of nitrogens with two attached hydrogens (primary N) is 1. The van der Waals surface area contributed by atoms with E-state index in [0.717, 1.165) is 12.8 Å². The number of nitrogens with zero attached hydrogens (tertiary/aromatic N) is 1. The molecule has 1 amide bonds. The van der Waals surface area contributed by atoms with Crippen molar-refractivity contribution < 1.29 is 4.79 Å². The van der Waals surface area contributed by atoms with Gasteiger partial charge >= 0.3 is 0 Å². The molecular weight excluding hydrogens is 238 g/mol. The van der Waals surface area contributed by atoms with Crippen LogP contribution in [0.3, 0.4) is 0 Å². The number of primary amides is 1. The molecule has 0 spiro atoms. The molecule has 1 aliphatic carbocycles. The summed E-state index contributed by atoms with van der Waals surface area (Å²) < 4.78 is 0. The standard InChI is InChI=1S/C15H27N3O/c1-18-12-7-8-13(18)10-15(9-12,14(16)19)17-11-5-3-2-4-6-11/h11-13,17H,2-10H2,1H3,(H2,16,19). The van der Waals surface area contributed by atoms with Gasteiger partial charge in [0.15, 0.2) is 0 Å². The molecule has 108 valence electrons. The molecule has 1 saturated carbocycles. The maximum Gasteiger partial charge on any atom is 0.237 e. The minimum atomic E-state index is -0.430. The molecule has 19 heavy (non-hydrogen) atoms. The molecule has 0 radical (unpaired) electrons. The van der Waals surface area contributed by atoms with Gasteiger partial charge in [0.2, 0.25) is 5.91 Å². The van der Waals surface area contributed by atoms with E-state index in [4.69, 9.17) is 5.73 Å². The van der Waals surface area contributed by atoms with E-state index in [1.807, 2.05) is 0 Å². The van der Waals surface area contributed by atoms with Crippen LogP contribution in [0.1, 0.15) is 57.8 Å². The molecule has 2 unspecified atom stereocenters. The third-order valence-corrected chi connectivity index (χ3v) is 5.71. The Balaban J connectivity index is 1.74. The second kappa shape index (κ2) is 5.06. The largest absolute Gasteiger partial charge is 0.368 e. The summed E-state index contributed by atoms with van der Waals surface area (Å²) in [6.45, 7) is 0. The van der Waals surface area contributed by atoms with Crippen LogP contribution < -0.4 is 11.1 Å². The highest BCUT2D eigenvalue weighted by Crippen LogP contribution is 2.40. The van der Waals surface area contributed by atoms with Crippen molar-refractivity contribution in [2.75, 3.05) is 7.05 Å². The predicted octanol–water partition coefficient (Wildman–Crippen LogP) is 1.39. The first-order valence-corrected chi connectivity index (χ1v) is 7.90. The summed E-state index contributed by atoms with van der Waals surface area (Å²) in [6.07, 6.45) is 10.6. The van der Waals surface area contributed by atoms with Gasteiger partial charge < -0.3 is 16.0 Å². The van der Waals surface area contributed by atoms with E-state index in [-0.39, 0.29) is 5.91 Å². The van der Waals surface area contributed by atoms with E-state index in [2.05, 4.69) is 17.3 Å². The lowest BCUT2D eigenvalue weighted by Gasteiger charge is -2.46. The topological polar surface area (TPSA) is 58.4 Å². The fraction of sp³-hybridized carbons (Fsp3) is 0.933. The Morgan fingerprint density at radius 3 is 2.21 bits per heavy atom.